The molecule has 6 heteroatoms. The minimum absolute atomic E-state index is 0.839. The lowest BCUT2D eigenvalue weighted by Gasteiger charge is -2.10. The Morgan fingerprint density at radius 1 is 0.222 bits per heavy atom. The topological polar surface area (TPSA) is 61.7 Å². The van der Waals surface area contributed by atoms with Crippen LogP contribution in [-0.2, 0) is 0 Å². The Morgan fingerprint density at radius 3 is 0.877 bits per heavy atom. The van der Waals surface area contributed by atoms with Crippen molar-refractivity contribution in [2.45, 2.75) is 0 Å². The average molecular weight is 1030 g/mol. The number of aromatic nitrogens is 5. The van der Waals surface area contributed by atoms with Crippen LogP contribution in [-0.4, -0.2) is 24.1 Å². The van der Waals surface area contributed by atoms with Gasteiger partial charge >= 0.3 is 0 Å². The molecule has 378 valence electrons. The lowest BCUT2D eigenvalue weighted by Crippen LogP contribution is -1.94. The fourth-order valence-corrected chi connectivity index (χ4v) is 12.2. The zero-order chi connectivity index (χ0) is 53.4. The number of hydrogen-bond donors (Lipinski definition) is 0. The van der Waals surface area contributed by atoms with Crippen LogP contribution in [0.1, 0.15) is 0 Å². The number of pyridine rings is 3. The molecule has 6 nitrogen and oxygen atoms in total. The fourth-order valence-electron chi connectivity index (χ4n) is 12.2. The third-order valence-corrected chi connectivity index (χ3v) is 16.2. The average Bonchev–Trinajstić information content (AvgIpc) is 4.35. The Morgan fingerprint density at radius 2 is 0.531 bits per heavy atom. The predicted octanol–water partition coefficient (Wildman–Crippen LogP) is 19.6. The second-order valence-corrected chi connectivity index (χ2v) is 20.9. The van der Waals surface area contributed by atoms with Crippen molar-refractivity contribution in [3.63, 3.8) is 0 Å². The van der Waals surface area contributed by atoms with E-state index >= 15 is 0 Å². The van der Waals surface area contributed by atoms with E-state index in [9.17, 15) is 0 Å². The number of rotatable bonds is 9. The van der Waals surface area contributed by atoms with E-state index in [4.69, 9.17) is 4.42 Å². The number of nitrogens with zero attached hydrogens (tertiary/aromatic N) is 5. The van der Waals surface area contributed by atoms with Gasteiger partial charge in [-0.3, -0.25) is 15.0 Å². The summed E-state index contributed by atoms with van der Waals surface area (Å²) >= 11 is 0. The third kappa shape index (κ3) is 7.99. The minimum Gasteiger partial charge on any atom is -0.456 e. The van der Waals surface area contributed by atoms with Gasteiger partial charge in [0.2, 0.25) is 0 Å². The normalized spacial score (nSPS) is 11.7. The molecule has 16 aromatic rings. The fraction of sp³-hybridized carbons (Fsp3) is 0. The first-order chi connectivity index (χ1) is 40.1. The molecule has 6 heterocycles. The molecule has 16 rings (SSSR count). The van der Waals surface area contributed by atoms with E-state index < -0.39 is 0 Å². The molecule has 0 fully saturated rings. The van der Waals surface area contributed by atoms with Gasteiger partial charge in [-0.1, -0.05) is 127 Å². The van der Waals surface area contributed by atoms with Gasteiger partial charge in [-0.2, -0.15) is 0 Å². The maximum atomic E-state index is 6.70. The summed E-state index contributed by atoms with van der Waals surface area (Å²) in [5.74, 6) is 0. The molecule has 0 atom stereocenters. The standard InChI is InChI=1S/C75H47N5O/c1-2-10-48(11-3-1)55-21-27-70-64(39-55)65-40-56(49-12-4-15-52(36-49)59-18-7-33-76-45-59)22-28-71(65)79(70)62-25-31-74-68(43-62)69-44-63(26-32-75(69)81-74)80-72-29-23-57(50-13-5-16-53(37-50)60-19-8-34-77-46-60)41-66(72)67-42-58(24-30-73(67)80)51-14-6-17-54(38-51)61-20-9-35-78-47-61/h1-47H. The Balaban J connectivity index is 0.853. The summed E-state index contributed by atoms with van der Waals surface area (Å²) in [7, 11) is 0. The van der Waals surface area contributed by atoms with Crippen molar-refractivity contribution in [2.75, 3.05) is 0 Å². The summed E-state index contributed by atoms with van der Waals surface area (Å²) in [5, 5.41) is 6.82. The van der Waals surface area contributed by atoms with Gasteiger partial charge < -0.3 is 13.6 Å². The molecule has 10 aromatic carbocycles. The van der Waals surface area contributed by atoms with Crippen molar-refractivity contribution in [3.05, 3.63) is 286 Å². The molecule has 0 aliphatic heterocycles. The van der Waals surface area contributed by atoms with Crippen LogP contribution in [0.3, 0.4) is 0 Å². The minimum atomic E-state index is 0.839. The Labute approximate surface area is 466 Å². The largest absolute Gasteiger partial charge is 0.456 e. The monoisotopic (exact) mass is 1030 g/mol. The second kappa shape index (κ2) is 18.9. The van der Waals surface area contributed by atoms with Gasteiger partial charge in [-0.15, -0.1) is 0 Å². The van der Waals surface area contributed by atoms with Crippen LogP contribution in [0.25, 0.3) is 155 Å². The quantitative estimate of drug-likeness (QED) is 0.145. The van der Waals surface area contributed by atoms with Crippen molar-refractivity contribution < 1.29 is 4.42 Å². The lowest BCUT2D eigenvalue weighted by molar-refractivity contribution is 0.669. The van der Waals surface area contributed by atoms with Crippen LogP contribution in [0.5, 0.6) is 0 Å². The summed E-state index contributed by atoms with van der Waals surface area (Å²) in [6, 6.07) is 90.1. The van der Waals surface area contributed by atoms with Crippen LogP contribution >= 0.6 is 0 Å². The van der Waals surface area contributed by atoms with Crippen LogP contribution in [0.15, 0.2) is 290 Å². The van der Waals surface area contributed by atoms with E-state index in [2.05, 4.69) is 255 Å². The Hall–Kier alpha value is -11.0. The molecule has 81 heavy (non-hydrogen) atoms. The summed E-state index contributed by atoms with van der Waals surface area (Å²) in [4.78, 5) is 13.2. The van der Waals surface area contributed by atoms with Gasteiger partial charge in [0.15, 0.2) is 0 Å². The van der Waals surface area contributed by atoms with Crippen LogP contribution < -0.4 is 0 Å². The smallest absolute Gasteiger partial charge is 0.135 e. The molecule has 0 aliphatic carbocycles. The van der Waals surface area contributed by atoms with Crippen LogP contribution in [0.2, 0.25) is 0 Å². The van der Waals surface area contributed by atoms with E-state index in [0.29, 0.717) is 0 Å². The molecule has 0 saturated heterocycles. The molecule has 0 bridgehead atoms. The van der Waals surface area contributed by atoms with Crippen molar-refractivity contribution in [1.29, 1.82) is 0 Å². The summed E-state index contributed by atoms with van der Waals surface area (Å²) < 4.78 is 11.5. The zero-order valence-corrected chi connectivity index (χ0v) is 43.8. The molecular formula is C75H47N5O. The van der Waals surface area contributed by atoms with Gasteiger partial charge in [0.25, 0.3) is 0 Å². The number of fused-ring (bicyclic) bond motifs is 9. The maximum absolute atomic E-state index is 6.70. The summed E-state index contributed by atoms with van der Waals surface area (Å²) in [5.41, 5.74) is 24.2. The number of hydrogen-bond acceptors (Lipinski definition) is 4. The molecule has 0 radical (unpaired) electrons. The van der Waals surface area contributed by atoms with Crippen molar-refractivity contribution in [3.8, 4) is 89.3 Å². The highest BCUT2D eigenvalue weighted by Crippen LogP contribution is 2.43. The first-order valence-corrected chi connectivity index (χ1v) is 27.3. The maximum Gasteiger partial charge on any atom is 0.135 e. The first-order valence-electron chi connectivity index (χ1n) is 27.3. The number of furan rings is 1. The predicted molar refractivity (Wildman–Crippen MR) is 334 cm³/mol. The molecule has 0 amide bonds. The van der Waals surface area contributed by atoms with Gasteiger partial charge in [0, 0.05) is 97.6 Å². The molecule has 6 aromatic heterocycles. The summed E-state index contributed by atoms with van der Waals surface area (Å²) in [6.45, 7) is 0. The molecule has 0 aliphatic rings. The van der Waals surface area contributed by atoms with Crippen molar-refractivity contribution >= 4 is 65.6 Å². The number of benzene rings is 10. The SMILES string of the molecule is c1ccc(-c2ccc3c(c2)c2cc(-c4cccc(-c5cccnc5)c4)ccc2n3-c2ccc3oc4ccc(-n5c6ccc(-c7cccc(-c8cccnc8)c7)cc6c6cc(-c7cccc(-c8cccnc8)c7)ccc65)cc4c3c2)cc1. The van der Waals surface area contributed by atoms with Gasteiger partial charge in [-0.05, 0) is 183 Å². The van der Waals surface area contributed by atoms with Crippen LogP contribution in [0.4, 0.5) is 0 Å². The second-order valence-electron chi connectivity index (χ2n) is 20.9. The van der Waals surface area contributed by atoms with E-state index in [1.807, 2.05) is 55.4 Å². The van der Waals surface area contributed by atoms with Gasteiger partial charge in [0.1, 0.15) is 11.2 Å². The lowest BCUT2D eigenvalue weighted by atomic mass is 9.97. The highest BCUT2D eigenvalue weighted by Gasteiger charge is 2.20. The summed E-state index contributed by atoms with van der Waals surface area (Å²) in [6.07, 6.45) is 11.2. The van der Waals surface area contributed by atoms with Crippen molar-refractivity contribution in [2.24, 2.45) is 0 Å². The molecule has 0 N–H and O–H groups in total. The van der Waals surface area contributed by atoms with Crippen LogP contribution in [0, 0.1) is 0 Å². The van der Waals surface area contributed by atoms with E-state index in [-0.39, 0.29) is 0 Å². The van der Waals surface area contributed by atoms with E-state index in [1.54, 1.807) is 0 Å². The van der Waals surface area contributed by atoms with Crippen molar-refractivity contribution in [1.82, 2.24) is 24.1 Å². The Kier molecular flexibility index (Phi) is 10.8. The third-order valence-electron chi connectivity index (χ3n) is 16.2. The highest BCUT2D eigenvalue weighted by atomic mass is 16.3. The van der Waals surface area contributed by atoms with E-state index in [1.165, 1.54) is 32.7 Å². The molecule has 0 unspecified atom stereocenters. The zero-order valence-electron chi connectivity index (χ0n) is 43.8. The Bertz CT molecular complexity index is 4960. The molecule has 0 spiro atoms. The molecule has 0 saturated carbocycles. The first kappa shape index (κ1) is 46.2. The van der Waals surface area contributed by atoms with Gasteiger partial charge in [0.05, 0.1) is 22.1 Å². The van der Waals surface area contributed by atoms with E-state index in [0.717, 1.165) is 122 Å². The highest BCUT2D eigenvalue weighted by molar-refractivity contribution is 6.14. The molecular weight excluding hydrogens is 987 g/mol. The van der Waals surface area contributed by atoms with Gasteiger partial charge in [-0.25, -0.2) is 0 Å².